The third-order valence-corrected chi connectivity index (χ3v) is 3.51. The van der Waals surface area contributed by atoms with Gasteiger partial charge in [0.25, 0.3) is 0 Å². The first-order chi connectivity index (χ1) is 9.99. The van der Waals surface area contributed by atoms with Crippen molar-refractivity contribution in [3.8, 4) is 0 Å². The summed E-state index contributed by atoms with van der Waals surface area (Å²) in [5.41, 5.74) is -0.0139. The Morgan fingerprint density at radius 3 is 2.86 bits per heavy atom. The largest absolute Gasteiger partial charge is 0.476 e. The van der Waals surface area contributed by atoms with Gasteiger partial charge in [-0.3, -0.25) is 9.59 Å². The highest BCUT2D eigenvalue weighted by atomic mass is 16.4. The standard InChI is InChI=1S/C14H17N3O4/c1-9(18)17-7-3-4-10(8-17)13(19)16-11-5-2-6-15-12(11)14(20)21/h2,5-6,10H,3-4,7-8H2,1H3,(H,16,19)(H,20,21). The van der Waals surface area contributed by atoms with Crippen molar-refractivity contribution in [2.75, 3.05) is 18.4 Å². The summed E-state index contributed by atoms with van der Waals surface area (Å²) in [6.07, 6.45) is 2.80. The van der Waals surface area contributed by atoms with Gasteiger partial charge in [0.15, 0.2) is 5.69 Å². The number of hydrogen-bond donors (Lipinski definition) is 2. The zero-order valence-corrected chi connectivity index (χ0v) is 11.7. The summed E-state index contributed by atoms with van der Waals surface area (Å²) in [7, 11) is 0. The van der Waals surface area contributed by atoms with E-state index in [4.69, 9.17) is 5.11 Å². The quantitative estimate of drug-likeness (QED) is 0.864. The number of nitrogens with one attached hydrogen (secondary N) is 1. The van der Waals surface area contributed by atoms with Crippen LogP contribution in [0, 0.1) is 5.92 Å². The molecule has 1 aliphatic heterocycles. The van der Waals surface area contributed by atoms with Crippen molar-refractivity contribution in [2.24, 2.45) is 5.92 Å². The van der Waals surface area contributed by atoms with Crippen LogP contribution in [0.3, 0.4) is 0 Å². The van der Waals surface area contributed by atoms with E-state index in [1.165, 1.54) is 19.2 Å². The van der Waals surface area contributed by atoms with E-state index < -0.39 is 5.97 Å². The molecule has 1 aromatic rings. The van der Waals surface area contributed by atoms with Crippen LogP contribution in [0.5, 0.6) is 0 Å². The van der Waals surface area contributed by atoms with Gasteiger partial charge in [0.2, 0.25) is 11.8 Å². The summed E-state index contributed by atoms with van der Waals surface area (Å²) in [5, 5.41) is 11.6. The Kier molecular flexibility index (Phi) is 4.52. The maximum Gasteiger partial charge on any atom is 0.356 e. The number of piperidine rings is 1. The number of carboxylic acid groups (broad SMARTS) is 1. The van der Waals surface area contributed by atoms with Gasteiger partial charge in [-0.15, -0.1) is 0 Å². The highest BCUT2D eigenvalue weighted by molar-refractivity contribution is 6.00. The fourth-order valence-electron chi connectivity index (χ4n) is 2.39. The molecule has 2 rings (SSSR count). The molecule has 0 radical (unpaired) electrons. The number of anilines is 1. The Morgan fingerprint density at radius 2 is 2.19 bits per heavy atom. The van der Waals surface area contributed by atoms with Gasteiger partial charge in [-0.05, 0) is 25.0 Å². The predicted molar refractivity (Wildman–Crippen MR) is 74.8 cm³/mol. The van der Waals surface area contributed by atoms with E-state index in [-0.39, 0.29) is 29.1 Å². The van der Waals surface area contributed by atoms with Crippen LogP contribution < -0.4 is 5.32 Å². The van der Waals surface area contributed by atoms with Crippen LogP contribution in [0.1, 0.15) is 30.3 Å². The first kappa shape index (κ1) is 15.0. The van der Waals surface area contributed by atoms with E-state index in [0.29, 0.717) is 19.5 Å². The summed E-state index contributed by atoms with van der Waals surface area (Å²) in [6.45, 7) is 2.50. The molecular formula is C14H17N3O4. The fraction of sp³-hybridized carbons (Fsp3) is 0.429. The number of aromatic carboxylic acids is 1. The van der Waals surface area contributed by atoms with Crippen molar-refractivity contribution >= 4 is 23.5 Å². The summed E-state index contributed by atoms with van der Waals surface area (Å²) in [4.78, 5) is 40.0. The van der Waals surface area contributed by atoms with Crippen LogP contribution in [-0.4, -0.2) is 45.9 Å². The van der Waals surface area contributed by atoms with Crippen molar-refractivity contribution in [1.29, 1.82) is 0 Å². The van der Waals surface area contributed by atoms with E-state index in [1.807, 2.05) is 0 Å². The van der Waals surface area contributed by atoms with Crippen LogP contribution in [0.4, 0.5) is 5.69 Å². The predicted octanol–water partition coefficient (Wildman–Crippen LogP) is 0.977. The smallest absolute Gasteiger partial charge is 0.356 e. The molecule has 2 heterocycles. The molecule has 0 spiro atoms. The molecule has 112 valence electrons. The molecule has 0 aromatic carbocycles. The van der Waals surface area contributed by atoms with Crippen molar-refractivity contribution in [2.45, 2.75) is 19.8 Å². The molecular weight excluding hydrogens is 274 g/mol. The van der Waals surface area contributed by atoms with E-state index in [2.05, 4.69) is 10.3 Å². The second-order valence-electron chi connectivity index (χ2n) is 5.00. The molecule has 7 heteroatoms. The number of likely N-dealkylation sites (tertiary alicyclic amines) is 1. The van der Waals surface area contributed by atoms with Gasteiger partial charge < -0.3 is 15.3 Å². The van der Waals surface area contributed by atoms with Crippen molar-refractivity contribution in [3.05, 3.63) is 24.0 Å². The number of carboxylic acids is 1. The van der Waals surface area contributed by atoms with Gasteiger partial charge in [-0.25, -0.2) is 9.78 Å². The van der Waals surface area contributed by atoms with Gasteiger partial charge >= 0.3 is 5.97 Å². The van der Waals surface area contributed by atoms with Gasteiger partial charge in [0.1, 0.15) is 0 Å². The third-order valence-electron chi connectivity index (χ3n) is 3.51. The maximum absolute atomic E-state index is 12.2. The molecule has 1 aromatic heterocycles. The number of rotatable bonds is 3. The minimum Gasteiger partial charge on any atom is -0.476 e. The average molecular weight is 291 g/mol. The van der Waals surface area contributed by atoms with Crippen molar-refractivity contribution < 1.29 is 19.5 Å². The Morgan fingerprint density at radius 1 is 1.43 bits per heavy atom. The lowest BCUT2D eigenvalue weighted by Crippen LogP contribution is -2.42. The highest BCUT2D eigenvalue weighted by Gasteiger charge is 2.27. The van der Waals surface area contributed by atoms with Crippen LogP contribution in [0.2, 0.25) is 0 Å². The van der Waals surface area contributed by atoms with Crippen LogP contribution >= 0.6 is 0 Å². The average Bonchev–Trinajstić information content (AvgIpc) is 2.47. The van der Waals surface area contributed by atoms with E-state index in [1.54, 1.807) is 11.0 Å². The van der Waals surface area contributed by atoms with Crippen molar-refractivity contribution in [3.63, 3.8) is 0 Å². The molecule has 2 amide bonds. The number of carbonyl (C=O) groups excluding carboxylic acids is 2. The molecule has 0 bridgehead atoms. The van der Waals surface area contributed by atoms with Gasteiger partial charge in [0.05, 0.1) is 11.6 Å². The molecule has 21 heavy (non-hydrogen) atoms. The summed E-state index contributed by atoms with van der Waals surface area (Å²) in [6, 6.07) is 3.06. The van der Waals surface area contributed by atoms with E-state index in [9.17, 15) is 14.4 Å². The van der Waals surface area contributed by atoms with Gasteiger partial charge in [0, 0.05) is 26.2 Å². The zero-order valence-electron chi connectivity index (χ0n) is 11.7. The second-order valence-corrected chi connectivity index (χ2v) is 5.00. The van der Waals surface area contributed by atoms with Gasteiger partial charge in [-0.2, -0.15) is 0 Å². The molecule has 7 nitrogen and oxygen atoms in total. The molecule has 1 fully saturated rings. The second kappa shape index (κ2) is 6.34. The highest BCUT2D eigenvalue weighted by Crippen LogP contribution is 2.20. The fourth-order valence-corrected chi connectivity index (χ4v) is 2.39. The first-order valence-corrected chi connectivity index (χ1v) is 6.73. The number of amides is 2. The van der Waals surface area contributed by atoms with Crippen LogP contribution in [0.15, 0.2) is 18.3 Å². The zero-order chi connectivity index (χ0) is 15.4. The Labute approximate surface area is 122 Å². The maximum atomic E-state index is 12.2. The lowest BCUT2D eigenvalue weighted by Gasteiger charge is -2.31. The van der Waals surface area contributed by atoms with Crippen LogP contribution in [-0.2, 0) is 9.59 Å². The topological polar surface area (TPSA) is 99.6 Å². The summed E-state index contributed by atoms with van der Waals surface area (Å²) < 4.78 is 0. The molecule has 1 saturated heterocycles. The summed E-state index contributed by atoms with van der Waals surface area (Å²) in [5.74, 6) is -1.86. The normalized spacial score (nSPS) is 18.1. The first-order valence-electron chi connectivity index (χ1n) is 6.73. The Balaban J connectivity index is 2.08. The lowest BCUT2D eigenvalue weighted by atomic mass is 9.97. The molecule has 1 unspecified atom stereocenters. The number of hydrogen-bond acceptors (Lipinski definition) is 4. The number of aromatic nitrogens is 1. The lowest BCUT2D eigenvalue weighted by molar-refractivity contribution is -0.132. The van der Waals surface area contributed by atoms with Crippen LogP contribution in [0.25, 0.3) is 0 Å². The van der Waals surface area contributed by atoms with Gasteiger partial charge in [-0.1, -0.05) is 0 Å². The summed E-state index contributed by atoms with van der Waals surface area (Å²) >= 11 is 0. The van der Waals surface area contributed by atoms with Crippen molar-refractivity contribution in [1.82, 2.24) is 9.88 Å². The van der Waals surface area contributed by atoms with E-state index >= 15 is 0 Å². The molecule has 1 aliphatic rings. The third kappa shape index (κ3) is 3.56. The molecule has 0 saturated carbocycles. The molecule has 0 aliphatic carbocycles. The number of carbonyl (C=O) groups is 3. The minimum absolute atomic E-state index is 0.0555. The minimum atomic E-state index is -1.19. The van der Waals surface area contributed by atoms with E-state index in [0.717, 1.165) is 6.42 Å². The number of pyridine rings is 1. The Hall–Kier alpha value is -2.44. The monoisotopic (exact) mass is 291 g/mol. The SMILES string of the molecule is CC(=O)N1CCCC(C(=O)Nc2cccnc2C(=O)O)C1. The molecule has 2 N–H and O–H groups in total. The number of nitrogens with zero attached hydrogens (tertiary/aromatic N) is 2. The molecule has 1 atom stereocenters. The Bertz CT molecular complexity index is 573.